The van der Waals surface area contributed by atoms with Gasteiger partial charge in [-0.1, -0.05) is 52.5 Å². The summed E-state index contributed by atoms with van der Waals surface area (Å²) in [5.41, 5.74) is -0.558. The molecule has 0 unspecified atom stereocenters. The molecule has 0 N–H and O–H groups in total. The van der Waals surface area contributed by atoms with Crippen molar-refractivity contribution in [3.8, 4) is 5.75 Å². The Labute approximate surface area is 128 Å². The average Bonchev–Trinajstić information content (AvgIpc) is 2.38. The van der Waals surface area contributed by atoms with Crippen LogP contribution in [0.4, 0.5) is 0 Å². The summed E-state index contributed by atoms with van der Waals surface area (Å²) in [6.45, 7) is -0.181. The molecule has 0 aliphatic heterocycles. The maximum Gasteiger partial charge on any atom is 0.290 e. The van der Waals surface area contributed by atoms with E-state index in [9.17, 15) is 4.79 Å². The number of benzene rings is 1. The van der Waals surface area contributed by atoms with Gasteiger partial charge in [0.15, 0.2) is 12.5 Å². The summed E-state index contributed by atoms with van der Waals surface area (Å²) in [6.07, 6.45) is 1.25. The first-order valence-corrected chi connectivity index (χ1v) is 6.50. The first-order valence-electron chi connectivity index (χ1n) is 4.98. The summed E-state index contributed by atoms with van der Waals surface area (Å²) >= 11 is 23.2. The van der Waals surface area contributed by atoms with Gasteiger partial charge in [0.1, 0.15) is 5.02 Å². The SMILES string of the molecule is O=c1c(Cl)c(Cl)cnn1COc1c(Cl)cccc1Cl. The molecule has 1 aromatic heterocycles. The van der Waals surface area contributed by atoms with Gasteiger partial charge in [-0.3, -0.25) is 4.79 Å². The van der Waals surface area contributed by atoms with Crippen molar-refractivity contribution in [1.82, 2.24) is 9.78 Å². The van der Waals surface area contributed by atoms with Crippen LogP contribution in [0, 0.1) is 0 Å². The first kappa shape index (κ1) is 14.5. The van der Waals surface area contributed by atoms with Crippen molar-refractivity contribution >= 4 is 46.4 Å². The minimum atomic E-state index is -0.558. The normalized spacial score (nSPS) is 10.5. The maximum absolute atomic E-state index is 11.7. The number of nitrogens with zero attached hydrogens (tertiary/aromatic N) is 2. The molecule has 4 nitrogen and oxygen atoms in total. The number of halogens is 4. The minimum Gasteiger partial charge on any atom is -0.468 e. The summed E-state index contributed by atoms with van der Waals surface area (Å²) in [6, 6.07) is 4.92. The lowest BCUT2D eigenvalue weighted by Crippen LogP contribution is -2.25. The van der Waals surface area contributed by atoms with Crippen molar-refractivity contribution < 1.29 is 4.74 Å². The highest BCUT2D eigenvalue weighted by molar-refractivity contribution is 6.41. The van der Waals surface area contributed by atoms with E-state index in [1.54, 1.807) is 18.2 Å². The second kappa shape index (κ2) is 6.01. The molecule has 0 saturated heterocycles. The third-order valence-electron chi connectivity index (χ3n) is 2.19. The molecule has 0 atom stereocenters. The molecular formula is C11H6Cl4N2O2. The molecule has 2 aromatic rings. The van der Waals surface area contributed by atoms with E-state index in [-0.39, 0.29) is 22.5 Å². The zero-order valence-corrected chi connectivity index (χ0v) is 12.3. The van der Waals surface area contributed by atoms with Gasteiger partial charge >= 0.3 is 0 Å². The molecule has 0 radical (unpaired) electrons. The number of ether oxygens (including phenoxy) is 1. The molecule has 0 bridgehead atoms. The fourth-order valence-corrected chi connectivity index (χ4v) is 2.06. The molecule has 0 aliphatic carbocycles. The number of rotatable bonds is 3. The molecule has 0 amide bonds. The molecule has 0 spiro atoms. The van der Waals surface area contributed by atoms with Crippen molar-refractivity contribution in [3.63, 3.8) is 0 Å². The molecule has 0 fully saturated rings. The number of hydrogen-bond donors (Lipinski definition) is 0. The van der Waals surface area contributed by atoms with E-state index in [0.717, 1.165) is 4.68 Å². The van der Waals surface area contributed by atoms with Crippen LogP contribution in [0.1, 0.15) is 0 Å². The molecule has 2 rings (SSSR count). The predicted molar refractivity (Wildman–Crippen MR) is 75.6 cm³/mol. The molecule has 0 saturated carbocycles. The monoisotopic (exact) mass is 338 g/mol. The quantitative estimate of drug-likeness (QED) is 0.852. The van der Waals surface area contributed by atoms with E-state index in [1.807, 2.05) is 0 Å². The van der Waals surface area contributed by atoms with Gasteiger partial charge in [0.2, 0.25) is 0 Å². The molecule has 1 aromatic carbocycles. The second-order valence-corrected chi connectivity index (χ2v) is 5.03. The van der Waals surface area contributed by atoms with Gasteiger partial charge in [-0.15, -0.1) is 0 Å². The van der Waals surface area contributed by atoms with Crippen LogP contribution in [0.5, 0.6) is 5.75 Å². The minimum absolute atomic E-state index is 0.0821. The maximum atomic E-state index is 11.7. The third kappa shape index (κ3) is 3.15. The Bertz CT molecular complexity index is 652. The van der Waals surface area contributed by atoms with Crippen LogP contribution in [-0.4, -0.2) is 9.78 Å². The number of aromatic nitrogens is 2. The largest absolute Gasteiger partial charge is 0.468 e. The number of para-hydroxylation sites is 1. The lowest BCUT2D eigenvalue weighted by atomic mass is 10.3. The van der Waals surface area contributed by atoms with E-state index in [4.69, 9.17) is 51.1 Å². The van der Waals surface area contributed by atoms with Gasteiger partial charge in [0.05, 0.1) is 21.3 Å². The van der Waals surface area contributed by atoms with E-state index < -0.39 is 5.56 Å². The molecule has 8 heteroatoms. The zero-order valence-electron chi connectivity index (χ0n) is 9.24. The molecule has 100 valence electrons. The molecule has 0 aliphatic rings. The molecule has 1 heterocycles. The molecular weight excluding hydrogens is 334 g/mol. The van der Waals surface area contributed by atoms with Crippen LogP contribution < -0.4 is 10.3 Å². The Hall–Kier alpha value is -0.940. The lowest BCUT2D eigenvalue weighted by molar-refractivity contribution is 0.214. The topological polar surface area (TPSA) is 44.1 Å². The van der Waals surface area contributed by atoms with Crippen LogP contribution in [0.2, 0.25) is 20.1 Å². The van der Waals surface area contributed by atoms with Crippen molar-refractivity contribution in [3.05, 3.63) is 54.8 Å². The Kier molecular flexibility index (Phi) is 4.58. The van der Waals surface area contributed by atoms with Gasteiger partial charge in [-0.25, -0.2) is 0 Å². The lowest BCUT2D eigenvalue weighted by Gasteiger charge is -2.10. The summed E-state index contributed by atoms with van der Waals surface area (Å²) in [5.74, 6) is 0.269. The second-order valence-electron chi connectivity index (χ2n) is 3.44. The van der Waals surface area contributed by atoms with Crippen LogP contribution in [0.25, 0.3) is 0 Å². The van der Waals surface area contributed by atoms with Crippen LogP contribution in [0.15, 0.2) is 29.2 Å². The smallest absolute Gasteiger partial charge is 0.290 e. The van der Waals surface area contributed by atoms with Gasteiger partial charge in [0.25, 0.3) is 5.56 Å². The summed E-state index contributed by atoms with van der Waals surface area (Å²) < 4.78 is 6.37. The Balaban J connectivity index is 2.25. The van der Waals surface area contributed by atoms with Crippen LogP contribution in [-0.2, 0) is 6.73 Å². The zero-order chi connectivity index (χ0) is 14.0. The summed E-state index contributed by atoms with van der Waals surface area (Å²) in [7, 11) is 0. The van der Waals surface area contributed by atoms with E-state index in [2.05, 4.69) is 5.10 Å². The van der Waals surface area contributed by atoms with Crippen molar-refractivity contribution in [2.75, 3.05) is 0 Å². The fraction of sp³-hybridized carbons (Fsp3) is 0.0909. The van der Waals surface area contributed by atoms with E-state index in [1.165, 1.54) is 6.20 Å². The highest BCUT2D eigenvalue weighted by Gasteiger charge is 2.10. The van der Waals surface area contributed by atoms with E-state index >= 15 is 0 Å². The average molecular weight is 340 g/mol. The summed E-state index contributed by atoms with van der Waals surface area (Å²) in [5, 5.41) is 4.42. The van der Waals surface area contributed by atoms with Gasteiger partial charge < -0.3 is 4.74 Å². The standard InChI is InChI=1S/C11H6Cl4N2O2/c12-6-2-1-3-7(13)10(6)19-5-17-11(18)9(15)8(14)4-16-17/h1-4H,5H2. The predicted octanol–water partition coefficient (Wildman–Crippen LogP) is 3.89. The van der Waals surface area contributed by atoms with Gasteiger partial charge in [0, 0.05) is 0 Å². The number of hydrogen-bond acceptors (Lipinski definition) is 3. The van der Waals surface area contributed by atoms with Crippen LogP contribution in [0.3, 0.4) is 0 Å². The van der Waals surface area contributed by atoms with Crippen molar-refractivity contribution in [2.45, 2.75) is 6.73 Å². The van der Waals surface area contributed by atoms with Gasteiger partial charge in [-0.05, 0) is 12.1 Å². The van der Waals surface area contributed by atoms with Crippen LogP contribution >= 0.6 is 46.4 Å². The Morgan fingerprint density at radius 3 is 2.37 bits per heavy atom. The highest BCUT2D eigenvalue weighted by atomic mass is 35.5. The van der Waals surface area contributed by atoms with Crippen molar-refractivity contribution in [2.24, 2.45) is 0 Å². The Morgan fingerprint density at radius 2 is 1.74 bits per heavy atom. The fourth-order valence-electron chi connectivity index (χ4n) is 1.28. The van der Waals surface area contributed by atoms with Crippen molar-refractivity contribution in [1.29, 1.82) is 0 Å². The van der Waals surface area contributed by atoms with Gasteiger partial charge in [-0.2, -0.15) is 9.78 Å². The summed E-state index contributed by atoms with van der Waals surface area (Å²) in [4.78, 5) is 11.7. The third-order valence-corrected chi connectivity index (χ3v) is 3.54. The Morgan fingerprint density at radius 1 is 1.11 bits per heavy atom. The first-order chi connectivity index (χ1) is 9.00. The highest BCUT2D eigenvalue weighted by Crippen LogP contribution is 2.32. The van der Waals surface area contributed by atoms with E-state index in [0.29, 0.717) is 10.0 Å². The molecule has 19 heavy (non-hydrogen) atoms.